The second-order valence-electron chi connectivity index (χ2n) is 4.50. The summed E-state index contributed by atoms with van der Waals surface area (Å²) in [6.45, 7) is 2.69. The van der Waals surface area contributed by atoms with Crippen molar-refractivity contribution in [3.05, 3.63) is 45.8 Å². The summed E-state index contributed by atoms with van der Waals surface area (Å²) in [5, 5.41) is 30.7. The van der Waals surface area contributed by atoms with Gasteiger partial charge in [0.15, 0.2) is 0 Å². The zero-order valence-electron chi connectivity index (χ0n) is 11.7. The molecular formula is C13H17N5O3. The van der Waals surface area contributed by atoms with Crippen molar-refractivity contribution in [1.82, 2.24) is 15.0 Å². The van der Waals surface area contributed by atoms with Gasteiger partial charge in [0.1, 0.15) is 5.69 Å². The number of nitrogens with zero attached hydrogens (tertiary/aromatic N) is 4. The van der Waals surface area contributed by atoms with Crippen molar-refractivity contribution in [3.63, 3.8) is 0 Å². The van der Waals surface area contributed by atoms with Crippen LogP contribution in [-0.4, -0.2) is 31.6 Å². The molecule has 0 aliphatic rings. The maximum atomic E-state index is 11.0. The fourth-order valence-corrected chi connectivity index (χ4v) is 1.97. The van der Waals surface area contributed by atoms with Crippen LogP contribution in [0.2, 0.25) is 0 Å². The van der Waals surface area contributed by atoms with Crippen LogP contribution in [0.5, 0.6) is 0 Å². The van der Waals surface area contributed by atoms with E-state index in [4.69, 9.17) is 5.11 Å². The number of anilines is 1. The number of hydrogen-bond acceptors (Lipinski definition) is 6. The number of hydrogen-bond donors (Lipinski definition) is 2. The third-order valence-electron chi connectivity index (χ3n) is 3.05. The summed E-state index contributed by atoms with van der Waals surface area (Å²) in [5.41, 5.74) is 2.19. The highest BCUT2D eigenvalue weighted by Gasteiger charge is 2.13. The average molecular weight is 291 g/mol. The molecule has 2 aromatic rings. The first-order chi connectivity index (χ1) is 10.1. The van der Waals surface area contributed by atoms with Gasteiger partial charge in [0.2, 0.25) is 0 Å². The van der Waals surface area contributed by atoms with E-state index in [9.17, 15) is 10.1 Å². The Morgan fingerprint density at radius 3 is 2.95 bits per heavy atom. The summed E-state index contributed by atoms with van der Waals surface area (Å²) in [6.07, 6.45) is 2.34. The molecule has 0 unspecified atom stereocenters. The molecule has 0 aliphatic carbocycles. The Kier molecular flexibility index (Phi) is 4.83. The van der Waals surface area contributed by atoms with E-state index in [0.29, 0.717) is 36.5 Å². The van der Waals surface area contributed by atoms with Crippen molar-refractivity contribution in [2.75, 3.05) is 11.9 Å². The smallest absolute Gasteiger partial charge is 0.274 e. The summed E-state index contributed by atoms with van der Waals surface area (Å²) in [6, 6.07) is 5.09. The van der Waals surface area contributed by atoms with E-state index in [0.717, 1.165) is 0 Å². The van der Waals surface area contributed by atoms with Crippen LogP contribution in [0, 0.1) is 10.1 Å². The molecule has 0 bridgehead atoms. The summed E-state index contributed by atoms with van der Waals surface area (Å²) in [5.74, 6) is 0. The minimum absolute atomic E-state index is 0.000896. The molecule has 0 radical (unpaired) electrons. The third kappa shape index (κ3) is 3.76. The molecule has 0 spiro atoms. The molecule has 0 amide bonds. The number of benzene rings is 1. The van der Waals surface area contributed by atoms with E-state index in [1.54, 1.807) is 16.9 Å². The number of aliphatic hydroxyl groups is 1. The minimum atomic E-state index is -0.373. The van der Waals surface area contributed by atoms with Crippen LogP contribution in [0.3, 0.4) is 0 Å². The van der Waals surface area contributed by atoms with Gasteiger partial charge in [0, 0.05) is 17.3 Å². The summed E-state index contributed by atoms with van der Waals surface area (Å²) < 4.78 is 1.54. The van der Waals surface area contributed by atoms with Gasteiger partial charge in [-0.25, -0.2) is 4.68 Å². The monoisotopic (exact) mass is 291 g/mol. The Balaban J connectivity index is 2.05. The summed E-state index contributed by atoms with van der Waals surface area (Å²) >= 11 is 0. The highest BCUT2D eigenvalue weighted by atomic mass is 16.6. The number of aryl methyl sites for hydroxylation is 1. The topological polar surface area (TPSA) is 106 Å². The highest BCUT2D eigenvalue weighted by Crippen LogP contribution is 2.23. The van der Waals surface area contributed by atoms with Crippen molar-refractivity contribution in [1.29, 1.82) is 0 Å². The Morgan fingerprint density at radius 1 is 1.48 bits per heavy atom. The van der Waals surface area contributed by atoms with Crippen LogP contribution in [-0.2, 0) is 19.5 Å². The number of rotatable bonds is 7. The number of aliphatic hydroxyl groups excluding tert-OH is 1. The van der Waals surface area contributed by atoms with Crippen molar-refractivity contribution in [2.24, 2.45) is 0 Å². The quantitative estimate of drug-likeness (QED) is 0.589. The number of nitro groups is 1. The van der Waals surface area contributed by atoms with E-state index in [-0.39, 0.29) is 17.2 Å². The third-order valence-corrected chi connectivity index (χ3v) is 3.05. The van der Waals surface area contributed by atoms with Crippen molar-refractivity contribution < 1.29 is 10.0 Å². The van der Waals surface area contributed by atoms with Gasteiger partial charge in [-0.05, 0) is 12.5 Å². The Labute approximate surface area is 121 Å². The molecule has 0 atom stereocenters. The van der Waals surface area contributed by atoms with Gasteiger partial charge >= 0.3 is 0 Å². The maximum Gasteiger partial charge on any atom is 0.274 e. The van der Waals surface area contributed by atoms with Gasteiger partial charge in [-0.3, -0.25) is 10.1 Å². The van der Waals surface area contributed by atoms with Gasteiger partial charge in [0.25, 0.3) is 5.69 Å². The lowest BCUT2D eigenvalue weighted by Crippen LogP contribution is -2.03. The zero-order valence-corrected chi connectivity index (χ0v) is 11.7. The van der Waals surface area contributed by atoms with Crippen molar-refractivity contribution in [2.45, 2.75) is 26.4 Å². The lowest BCUT2D eigenvalue weighted by Gasteiger charge is -2.06. The standard InChI is InChI=1S/C13H17N5O3/c1-2-10-3-4-11(7-13(10)18(20)21)14-8-12-9-17(5-6-19)16-15-12/h3-4,7,9,14,19H,2,5-6,8H2,1H3. The van der Waals surface area contributed by atoms with Crippen LogP contribution in [0.4, 0.5) is 11.4 Å². The Morgan fingerprint density at radius 2 is 2.29 bits per heavy atom. The van der Waals surface area contributed by atoms with Crippen LogP contribution < -0.4 is 5.32 Å². The van der Waals surface area contributed by atoms with E-state index < -0.39 is 0 Å². The molecule has 2 rings (SSSR count). The Hall–Kier alpha value is -2.48. The van der Waals surface area contributed by atoms with Gasteiger partial charge in [-0.2, -0.15) is 0 Å². The number of nitrogens with one attached hydrogen (secondary N) is 1. The molecule has 1 heterocycles. The summed E-state index contributed by atoms with van der Waals surface area (Å²) in [7, 11) is 0. The Bertz CT molecular complexity index is 626. The molecule has 2 N–H and O–H groups in total. The van der Waals surface area contributed by atoms with Crippen LogP contribution in [0.15, 0.2) is 24.4 Å². The fourth-order valence-electron chi connectivity index (χ4n) is 1.97. The predicted octanol–water partition coefficient (Wildman–Crippen LogP) is 1.35. The van der Waals surface area contributed by atoms with E-state index in [1.807, 2.05) is 13.0 Å². The van der Waals surface area contributed by atoms with Gasteiger partial charge in [-0.15, -0.1) is 5.10 Å². The molecule has 21 heavy (non-hydrogen) atoms. The normalized spacial score (nSPS) is 10.6. The molecular weight excluding hydrogens is 274 g/mol. The van der Waals surface area contributed by atoms with E-state index in [1.165, 1.54) is 6.07 Å². The van der Waals surface area contributed by atoms with E-state index in [2.05, 4.69) is 15.6 Å². The van der Waals surface area contributed by atoms with Crippen molar-refractivity contribution >= 4 is 11.4 Å². The molecule has 112 valence electrons. The first-order valence-corrected chi connectivity index (χ1v) is 6.65. The van der Waals surface area contributed by atoms with E-state index >= 15 is 0 Å². The molecule has 1 aromatic heterocycles. The molecule has 0 saturated carbocycles. The second-order valence-corrected chi connectivity index (χ2v) is 4.50. The SMILES string of the molecule is CCc1ccc(NCc2cn(CCO)nn2)cc1[N+](=O)[O-]. The zero-order chi connectivity index (χ0) is 15.2. The first kappa shape index (κ1) is 14.9. The van der Waals surface area contributed by atoms with Gasteiger partial charge < -0.3 is 10.4 Å². The lowest BCUT2D eigenvalue weighted by molar-refractivity contribution is -0.385. The predicted molar refractivity (Wildman–Crippen MR) is 76.9 cm³/mol. The first-order valence-electron chi connectivity index (χ1n) is 6.65. The fraction of sp³-hybridized carbons (Fsp3) is 0.385. The van der Waals surface area contributed by atoms with Crippen LogP contribution in [0.1, 0.15) is 18.2 Å². The molecule has 0 fully saturated rings. The average Bonchev–Trinajstić information content (AvgIpc) is 2.93. The molecule has 1 aromatic carbocycles. The van der Waals surface area contributed by atoms with Crippen molar-refractivity contribution in [3.8, 4) is 0 Å². The largest absolute Gasteiger partial charge is 0.394 e. The molecule has 0 aliphatic heterocycles. The van der Waals surface area contributed by atoms with Gasteiger partial charge in [-0.1, -0.05) is 18.2 Å². The highest BCUT2D eigenvalue weighted by molar-refractivity contribution is 5.55. The maximum absolute atomic E-state index is 11.0. The number of aromatic nitrogens is 3. The van der Waals surface area contributed by atoms with Crippen LogP contribution >= 0.6 is 0 Å². The molecule has 8 nitrogen and oxygen atoms in total. The van der Waals surface area contributed by atoms with Crippen LogP contribution in [0.25, 0.3) is 0 Å². The second kappa shape index (κ2) is 6.80. The minimum Gasteiger partial charge on any atom is -0.394 e. The molecule has 8 heteroatoms. The lowest BCUT2D eigenvalue weighted by atomic mass is 10.1. The molecule has 0 saturated heterocycles. The summed E-state index contributed by atoms with van der Waals surface area (Å²) in [4.78, 5) is 10.6. The number of nitro benzene ring substituents is 1. The van der Waals surface area contributed by atoms with Gasteiger partial charge in [0.05, 0.1) is 30.8 Å².